The molecule has 1 fully saturated rings. The van der Waals surface area contributed by atoms with E-state index in [9.17, 15) is 4.79 Å². The first kappa shape index (κ1) is 17.6. The molecule has 4 heterocycles. The highest BCUT2D eigenvalue weighted by Crippen LogP contribution is 2.37. The Morgan fingerprint density at radius 2 is 2.04 bits per heavy atom. The molecule has 1 aromatic carbocycles. The number of aryl methyl sites for hydroxylation is 1. The second kappa shape index (κ2) is 6.84. The molecule has 8 heteroatoms. The van der Waals surface area contributed by atoms with Crippen LogP contribution in [-0.4, -0.2) is 50.5 Å². The van der Waals surface area contributed by atoms with Crippen molar-refractivity contribution in [3.05, 3.63) is 23.8 Å². The minimum atomic E-state index is 0.170. The maximum Gasteiger partial charge on any atom is 0.233 e. The van der Waals surface area contributed by atoms with Gasteiger partial charge in [-0.3, -0.25) is 9.20 Å². The molecule has 2 aliphatic rings. The first-order chi connectivity index (χ1) is 13.6. The number of ether oxygens (including phenoxy) is 2. The standard InChI is InChI=1S/C20H22N4O3S/c1-12-7-14-8-16-17(27-11-26-16)9-15(14)24-19(12)21-22-20(24)28-10-18(25)23-6-4-3-5-13(23)2/h7-9,13H,3-6,10-11H2,1-2H3. The van der Waals surface area contributed by atoms with Gasteiger partial charge in [0.2, 0.25) is 12.7 Å². The van der Waals surface area contributed by atoms with Crippen LogP contribution in [0.5, 0.6) is 11.5 Å². The lowest BCUT2D eigenvalue weighted by Gasteiger charge is -2.33. The average Bonchev–Trinajstić information content (AvgIpc) is 3.32. The zero-order valence-corrected chi connectivity index (χ0v) is 16.8. The van der Waals surface area contributed by atoms with E-state index < -0.39 is 0 Å². The highest BCUT2D eigenvalue weighted by atomic mass is 32.2. The Hall–Kier alpha value is -2.48. The summed E-state index contributed by atoms with van der Waals surface area (Å²) in [6.45, 7) is 5.24. The van der Waals surface area contributed by atoms with Crippen LogP contribution in [0.2, 0.25) is 0 Å². The zero-order chi connectivity index (χ0) is 19.3. The highest BCUT2D eigenvalue weighted by molar-refractivity contribution is 7.99. The fraction of sp³-hybridized carbons (Fsp3) is 0.450. The fourth-order valence-electron chi connectivity index (χ4n) is 4.07. The number of aromatic nitrogens is 3. The van der Waals surface area contributed by atoms with Crippen LogP contribution in [-0.2, 0) is 4.79 Å². The quantitative estimate of drug-likeness (QED) is 0.630. The summed E-state index contributed by atoms with van der Waals surface area (Å²) in [6, 6.07) is 6.35. The number of hydrogen-bond donors (Lipinski definition) is 0. The number of benzene rings is 1. The van der Waals surface area contributed by atoms with Crippen LogP contribution in [0.25, 0.3) is 16.6 Å². The summed E-state index contributed by atoms with van der Waals surface area (Å²) in [5.74, 6) is 2.01. The van der Waals surface area contributed by atoms with Gasteiger partial charge in [-0.25, -0.2) is 0 Å². The van der Waals surface area contributed by atoms with E-state index in [2.05, 4.69) is 23.2 Å². The summed E-state index contributed by atoms with van der Waals surface area (Å²) in [6.07, 6.45) is 3.38. The first-order valence-electron chi connectivity index (χ1n) is 9.62. The van der Waals surface area contributed by atoms with Gasteiger partial charge in [0, 0.05) is 24.0 Å². The topological polar surface area (TPSA) is 69.0 Å². The van der Waals surface area contributed by atoms with Crippen molar-refractivity contribution in [1.29, 1.82) is 0 Å². The van der Waals surface area contributed by atoms with Crippen molar-refractivity contribution in [2.75, 3.05) is 19.1 Å². The van der Waals surface area contributed by atoms with Gasteiger partial charge < -0.3 is 14.4 Å². The Balaban J connectivity index is 1.49. The van der Waals surface area contributed by atoms with Crippen molar-refractivity contribution in [2.45, 2.75) is 44.3 Å². The number of carbonyl (C=O) groups is 1. The molecule has 28 heavy (non-hydrogen) atoms. The fourth-order valence-corrected chi connectivity index (χ4v) is 4.90. The first-order valence-corrected chi connectivity index (χ1v) is 10.6. The van der Waals surface area contributed by atoms with E-state index in [1.54, 1.807) is 0 Å². The predicted molar refractivity (Wildman–Crippen MR) is 107 cm³/mol. The number of nitrogens with zero attached hydrogens (tertiary/aromatic N) is 4. The number of pyridine rings is 1. The summed E-state index contributed by atoms with van der Waals surface area (Å²) < 4.78 is 13.1. The molecular formula is C20H22N4O3S. The number of piperidine rings is 1. The van der Waals surface area contributed by atoms with Crippen molar-refractivity contribution >= 4 is 34.2 Å². The van der Waals surface area contributed by atoms with Crippen LogP contribution >= 0.6 is 11.8 Å². The van der Waals surface area contributed by atoms with E-state index in [0.29, 0.717) is 11.8 Å². The van der Waals surface area contributed by atoms with Gasteiger partial charge in [-0.1, -0.05) is 11.8 Å². The van der Waals surface area contributed by atoms with E-state index in [-0.39, 0.29) is 12.7 Å². The summed E-state index contributed by atoms with van der Waals surface area (Å²) in [5.41, 5.74) is 2.78. The minimum Gasteiger partial charge on any atom is -0.454 e. The van der Waals surface area contributed by atoms with Crippen LogP contribution in [0.3, 0.4) is 0 Å². The zero-order valence-electron chi connectivity index (χ0n) is 16.0. The second-order valence-corrected chi connectivity index (χ2v) is 8.40. The number of rotatable bonds is 3. The Morgan fingerprint density at radius 1 is 1.21 bits per heavy atom. The van der Waals surface area contributed by atoms with Gasteiger partial charge in [-0.15, -0.1) is 10.2 Å². The molecule has 0 radical (unpaired) electrons. The molecule has 0 spiro atoms. The average molecular weight is 398 g/mol. The van der Waals surface area contributed by atoms with E-state index in [1.807, 2.05) is 28.4 Å². The number of likely N-dealkylation sites (tertiary alicyclic amines) is 1. The normalized spacial score (nSPS) is 18.9. The van der Waals surface area contributed by atoms with Gasteiger partial charge in [0.1, 0.15) is 0 Å². The van der Waals surface area contributed by atoms with Crippen LogP contribution in [0.1, 0.15) is 31.7 Å². The van der Waals surface area contributed by atoms with Gasteiger partial charge in [-0.2, -0.15) is 0 Å². The van der Waals surface area contributed by atoms with Crippen molar-refractivity contribution < 1.29 is 14.3 Å². The Bertz CT molecular complexity index is 1080. The molecule has 0 saturated carbocycles. The molecule has 1 saturated heterocycles. The molecule has 1 atom stereocenters. The molecule has 7 nitrogen and oxygen atoms in total. The third-order valence-corrected chi connectivity index (χ3v) is 6.48. The van der Waals surface area contributed by atoms with Gasteiger partial charge in [0.05, 0.1) is 11.3 Å². The van der Waals surface area contributed by atoms with E-state index in [4.69, 9.17) is 9.47 Å². The lowest BCUT2D eigenvalue weighted by Crippen LogP contribution is -2.42. The second-order valence-electron chi connectivity index (χ2n) is 7.45. The lowest BCUT2D eigenvalue weighted by atomic mass is 10.0. The smallest absolute Gasteiger partial charge is 0.233 e. The van der Waals surface area contributed by atoms with Gasteiger partial charge in [0.25, 0.3) is 0 Å². The third-order valence-electron chi connectivity index (χ3n) is 5.57. The maximum atomic E-state index is 12.7. The van der Waals surface area contributed by atoms with Crippen molar-refractivity contribution in [2.24, 2.45) is 0 Å². The van der Waals surface area contributed by atoms with Crippen LogP contribution in [0, 0.1) is 6.92 Å². The Labute approximate surface area is 167 Å². The van der Waals surface area contributed by atoms with Gasteiger partial charge >= 0.3 is 0 Å². The largest absolute Gasteiger partial charge is 0.454 e. The molecule has 0 bridgehead atoms. The monoisotopic (exact) mass is 398 g/mol. The SMILES string of the molecule is Cc1cc2cc3c(cc2n2c(SCC(=O)N4CCCCC4C)nnc12)OCO3. The summed E-state index contributed by atoms with van der Waals surface area (Å²) in [4.78, 5) is 14.7. The molecule has 2 aromatic heterocycles. The number of fused-ring (bicyclic) bond motifs is 4. The molecule has 1 unspecified atom stereocenters. The highest BCUT2D eigenvalue weighted by Gasteiger charge is 2.24. The predicted octanol–water partition coefficient (Wildman–Crippen LogP) is 3.41. The molecule has 146 valence electrons. The van der Waals surface area contributed by atoms with Gasteiger partial charge in [-0.05, 0) is 50.8 Å². The Morgan fingerprint density at radius 3 is 2.86 bits per heavy atom. The summed E-state index contributed by atoms with van der Waals surface area (Å²) in [7, 11) is 0. The summed E-state index contributed by atoms with van der Waals surface area (Å²) in [5, 5.41) is 10.5. The van der Waals surface area contributed by atoms with Crippen LogP contribution in [0.4, 0.5) is 0 Å². The molecule has 0 N–H and O–H groups in total. The molecule has 5 rings (SSSR count). The van der Waals surface area contributed by atoms with Crippen LogP contribution in [0.15, 0.2) is 23.4 Å². The van der Waals surface area contributed by atoms with E-state index in [1.165, 1.54) is 18.2 Å². The number of hydrogen-bond acceptors (Lipinski definition) is 6. The molecule has 2 aliphatic heterocycles. The lowest BCUT2D eigenvalue weighted by molar-refractivity contribution is -0.131. The maximum absolute atomic E-state index is 12.7. The third kappa shape index (κ3) is 2.87. The van der Waals surface area contributed by atoms with Crippen molar-refractivity contribution in [3.8, 4) is 11.5 Å². The Kier molecular flexibility index (Phi) is 4.30. The number of carbonyl (C=O) groups excluding carboxylic acids is 1. The van der Waals surface area contributed by atoms with Crippen molar-refractivity contribution in [1.82, 2.24) is 19.5 Å². The number of thioether (sulfide) groups is 1. The van der Waals surface area contributed by atoms with Crippen molar-refractivity contribution in [3.63, 3.8) is 0 Å². The molecule has 0 aliphatic carbocycles. The molecule has 3 aromatic rings. The molecular weight excluding hydrogens is 376 g/mol. The number of amides is 1. The van der Waals surface area contributed by atoms with E-state index >= 15 is 0 Å². The minimum absolute atomic E-state index is 0.170. The van der Waals surface area contributed by atoms with Crippen LogP contribution < -0.4 is 9.47 Å². The van der Waals surface area contributed by atoms with E-state index in [0.717, 1.165) is 58.2 Å². The molecule has 1 amide bonds. The summed E-state index contributed by atoms with van der Waals surface area (Å²) >= 11 is 1.44. The van der Waals surface area contributed by atoms with Gasteiger partial charge in [0.15, 0.2) is 22.3 Å².